The number of anilines is 1. The van der Waals surface area contributed by atoms with Crippen molar-refractivity contribution in [2.45, 2.75) is 25.4 Å². The average Bonchev–Trinajstić information content (AvgIpc) is 2.27. The number of hydrogen-bond donors (Lipinski definition) is 0. The molecule has 0 atom stereocenters. The summed E-state index contributed by atoms with van der Waals surface area (Å²) in [6.45, 7) is 1.05. The van der Waals surface area contributed by atoms with Gasteiger partial charge in [0.2, 0.25) is 0 Å². The number of halogens is 5. The second-order valence-electron chi connectivity index (χ2n) is 3.80. The van der Waals surface area contributed by atoms with Gasteiger partial charge in [-0.15, -0.1) is 11.6 Å². The minimum atomic E-state index is -4.27. The van der Waals surface area contributed by atoms with Crippen LogP contribution in [-0.2, 0) is 5.88 Å². The first-order valence-electron chi connectivity index (χ1n) is 5.39. The van der Waals surface area contributed by atoms with Gasteiger partial charge in [0.05, 0.1) is 5.02 Å². The molecule has 0 aromatic carbocycles. The van der Waals surface area contributed by atoms with Crippen molar-refractivity contribution in [3.63, 3.8) is 0 Å². The number of nitrogens with zero attached hydrogens (tertiary/aromatic N) is 2. The average molecular weight is 301 g/mol. The highest BCUT2D eigenvalue weighted by molar-refractivity contribution is 6.32. The third-order valence-electron chi connectivity index (χ3n) is 2.25. The number of pyridine rings is 1. The van der Waals surface area contributed by atoms with Gasteiger partial charge in [0.25, 0.3) is 0 Å². The van der Waals surface area contributed by atoms with Gasteiger partial charge in [0.1, 0.15) is 12.4 Å². The molecule has 1 aromatic rings. The first-order valence-corrected chi connectivity index (χ1v) is 6.30. The normalized spacial score (nSPS) is 11.7. The van der Waals surface area contributed by atoms with Gasteiger partial charge < -0.3 is 4.90 Å². The molecule has 0 unspecified atom stereocenters. The zero-order valence-corrected chi connectivity index (χ0v) is 11.3. The molecule has 1 aromatic heterocycles. The Bertz CT molecular complexity index is 396. The third kappa shape index (κ3) is 4.53. The zero-order chi connectivity index (χ0) is 13.8. The number of aromatic nitrogens is 1. The van der Waals surface area contributed by atoms with Crippen molar-refractivity contribution in [3.05, 3.63) is 22.8 Å². The largest absolute Gasteiger partial charge is 0.405 e. The van der Waals surface area contributed by atoms with E-state index in [9.17, 15) is 13.2 Å². The molecule has 1 rings (SSSR count). The second kappa shape index (κ2) is 6.48. The Morgan fingerprint density at radius 1 is 1.39 bits per heavy atom. The van der Waals surface area contributed by atoms with Crippen LogP contribution in [0.4, 0.5) is 19.0 Å². The van der Waals surface area contributed by atoms with Crippen LogP contribution in [-0.4, -0.2) is 24.2 Å². The summed E-state index contributed by atoms with van der Waals surface area (Å²) in [4.78, 5) is 5.10. The monoisotopic (exact) mass is 300 g/mol. The van der Waals surface area contributed by atoms with Gasteiger partial charge in [-0.25, -0.2) is 4.98 Å². The Morgan fingerprint density at radius 3 is 2.56 bits per heavy atom. The molecule has 0 spiro atoms. The molecule has 0 aliphatic carbocycles. The molecule has 0 N–H and O–H groups in total. The molecule has 18 heavy (non-hydrogen) atoms. The van der Waals surface area contributed by atoms with E-state index in [4.69, 9.17) is 23.2 Å². The van der Waals surface area contributed by atoms with E-state index >= 15 is 0 Å². The minimum Gasteiger partial charge on any atom is -0.348 e. The maximum Gasteiger partial charge on any atom is 0.405 e. The van der Waals surface area contributed by atoms with Crippen molar-refractivity contribution in [1.29, 1.82) is 0 Å². The Morgan fingerprint density at radius 2 is 2.06 bits per heavy atom. The van der Waals surface area contributed by atoms with Gasteiger partial charge in [-0.1, -0.05) is 18.5 Å². The van der Waals surface area contributed by atoms with Gasteiger partial charge in [0, 0.05) is 18.6 Å². The summed E-state index contributed by atoms with van der Waals surface area (Å²) in [6, 6.07) is 1.50. The van der Waals surface area contributed by atoms with E-state index in [1.165, 1.54) is 17.2 Å². The Kier molecular flexibility index (Phi) is 5.53. The van der Waals surface area contributed by atoms with E-state index in [1.807, 2.05) is 6.92 Å². The van der Waals surface area contributed by atoms with Crippen LogP contribution in [0.5, 0.6) is 0 Å². The fraction of sp³-hybridized carbons (Fsp3) is 0.545. The topological polar surface area (TPSA) is 16.1 Å². The maximum atomic E-state index is 12.5. The van der Waals surface area contributed by atoms with Crippen LogP contribution in [0.3, 0.4) is 0 Å². The van der Waals surface area contributed by atoms with E-state index in [0.717, 1.165) is 0 Å². The zero-order valence-electron chi connectivity index (χ0n) is 9.77. The van der Waals surface area contributed by atoms with Crippen molar-refractivity contribution < 1.29 is 13.2 Å². The van der Waals surface area contributed by atoms with Crippen LogP contribution in [0.2, 0.25) is 5.02 Å². The molecular weight excluding hydrogens is 288 g/mol. The van der Waals surface area contributed by atoms with Gasteiger partial charge >= 0.3 is 6.18 Å². The van der Waals surface area contributed by atoms with Crippen LogP contribution in [0, 0.1) is 0 Å². The van der Waals surface area contributed by atoms with Crippen LogP contribution >= 0.6 is 23.2 Å². The molecule has 0 bridgehead atoms. The number of hydrogen-bond acceptors (Lipinski definition) is 2. The Labute approximate surface area is 114 Å². The summed E-state index contributed by atoms with van der Waals surface area (Å²) in [6.07, 6.45) is -2.35. The van der Waals surface area contributed by atoms with Gasteiger partial charge in [-0.2, -0.15) is 13.2 Å². The van der Waals surface area contributed by atoms with Crippen molar-refractivity contribution in [3.8, 4) is 0 Å². The van der Waals surface area contributed by atoms with Crippen molar-refractivity contribution >= 4 is 29.0 Å². The van der Waals surface area contributed by atoms with E-state index in [-0.39, 0.29) is 18.2 Å². The number of alkyl halides is 4. The molecule has 0 saturated heterocycles. The standard InChI is InChI=1S/C11H13Cl2F3N2/c1-2-3-18(7-11(14,15)16)10-4-8(5-12)9(13)6-17-10/h4,6H,2-3,5,7H2,1H3. The highest BCUT2D eigenvalue weighted by Crippen LogP contribution is 2.25. The molecule has 7 heteroatoms. The molecule has 0 fully saturated rings. The third-order valence-corrected chi connectivity index (χ3v) is 2.88. The fourth-order valence-electron chi connectivity index (χ4n) is 1.50. The maximum absolute atomic E-state index is 12.5. The molecule has 0 radical (unpaired) electrons. The van der Waals surface area contributed by atoms with Gasteiger partial charge in [-0.3, -0.25) is 0 Å². The van der Waals surface area contributed by atoms with E-state index < -0.39 is 12.7 Å². The summed E-state index contributed by atoms with van der Waals surface area (Å²) in [5.41, 5.74) is 0.576. The van der Waals surface area contributed by atoms with Crippen molar-refractivity contribution in [2.75, 3.05) is 18.0 Å². The van der Waals surface area contributed by atoms with Crippen LogP contribution in [0.1, 0.15) is 18.9 Å². The molecule has 0 aliphatic rings. The SMILES string of the molecule is CCCN(CC(F)(F)F)c1cc(CCl)c(Cl)cn1. The van der Waals surface area contributed by atoms with Crippen LogP contribution in [0.25, 0.3) is 0 Å². The summed E-state index contributed by atoms with van der Waals surface area (Å²) in [7, 11) is 0. The highest BCUT2D eigenvalue weighted by atomic mass is 35.5. The lowest BCUT2D eigenvalue weighted by Crippen LogP contribution is -2.35. The molecule has 2 nitrogen and oxygen atoms in total. The predicted octanol–water partition coefficient (Wildman–Crippen LogP) is 4.25. The molecule has 1 heterocycles. The van der Waals surface area contributed by atoms with E-state index in [0.29, 0.717) is 17.0 Å². The first kappa shape index (κ1) is 15.4. The molecule has 0 saturated carbocycles. The lowest BCUT2D eigenvalue weighted by atomic mass is 10.2. The fourth-order valence-corrected chi connectivity index (χ4v) is 1.96. The smallest absolute Gasteiger partial charge is 0.348 e. The molecule has 102 valence electrons. The quantitative estimate of drug-likeness (QED) is 0.756. The lowest BCUT2D eigenvalue weighted by molar-refractivity contribution is -0.119. The summed E-state index contributed by atoms with van der Waals surface area (Å²) in [5.74, 6) is 0.384. The molecule has 0 aliphatic heterocycles. The Hall–Kier alpha value is -0.680. The molecular formula is C11H13Cl2F3N2. The van der Waals surface area contributed by atoms with E-state index in [1.54, 1.807) is 0 Å². The van der Waals surface area contributed by atoms with Crippen molar-refractivity contribution in [1.82, 2.24) is 4.98 Å². The first-order chi connectivity index (χ1) is 8.37. The Balaban J connectivity index is 2.98. The predicted molar refractivity (Wildman–Crippen MR) is 67.4 cm³/mol. The molecule has 0 amide bonds. The number of rotatable bonds is 5. The van der Waals surface area contributed by atoms with E-state index in [2.05, 4.69) is 4.98 Å². The summed E-state index contributed by atoms with van der Waals surface area (Å²) in [5, 5.41) is 0.359. The van der Waals surface area contributed by atoms with Gasteiger partial charge in [-0.05, 0) is 18.1 Å². The lowest BCUT2D eigenvalue weighted by Gasteiger charge is -2.24. The van der Waals surface area contributed by atoms with Crippen LogP contribution < -0.4 is 4.90 Å². The van der Waals surface area contributed by atoms with Crippen LogP contribution in [0.15, 0.2) is 12.3 Å². The van der Waals surface area contributed by atoms with Crippen molar-refractivity contribution in [2.24, 2.45) is 0 Å². The second-order valence-corrected chi connectivity index (χ2v) is 4.48. The summed E-state index contributed by atoms with van der Waals surface area (Å²) >= 11 is 11.5. The van der Waals surface area contributed by atoms with Gasteiger partial charge in [0.15, 0.2) is 0 Å². The minimum absolute atomic E-state index is 0.139. The summed E-state index contributed by atoms with van der Waals surface area (Å²) < 4.78 is 37.4. The highest BCUT2D eigenvalue weighted by Gasteiger charge is 2.31.